The van der Waals surface area contributed by atoms with Crippen LogP contribution in [-0.4, -0.2) is 22.4 Å². The molecule has 1 aromatic carbocycles. The van der Waals surface area contributed by atoms with Crippen molar-refractivity contribution in [1.82, 2.24) is 10.2 Å². The molecule has 0 radical (unpaired) electrons. The quantitative estimate of drug-likeness (QED) is 0.905. The van der Waals surface area contributed by atoms with Crippen molar-refractivity contribution in [2.45, 2.75) is 6.10 Å². The first-order valence-corrected chi connectivity index (χ1v) is 5.12. The lowest BCUT2D eigenvalue weighted by molar-refractivity contribution is 0.207. The van der Waals surface area contributed by atoms with Crippen LogP contribution in [0.3, 0.4) is 0 Å². The van der Waals surface area contributed by atoms with Gasteiger partial charge < -0.3 is 9.84 Å². The molecular weight excluding hydrogens is 242 g/mol. The molecular formula is C12H10F2N2O2. The Hall–Kier alpha value is -2.08. The van der Waals surface area contributed by atoms with Crippen molar-refractivity contribution in [3.63, 3.8) is 0 Å². The van der Waals surface area contributed by atoms with Crippen molar-refractivity contribution in [2.75, 3.05) is 7.11 Å². The molecule has 18 heavy (non-hydrogen) atoms. The van der Waals surface area contributed by atoms with Gasteiger partial charge >= 0.3 is 0 Å². The van der Waals surface area contributed by atoms with Crippen molar-refractivity contribution in [2.24, 2.45) is 0 Å². The Morgan fingerprint density at radius 2 is 1.94 bits per heavy atom. The summed E-state index contributed by atoms with van der Waals surface area (Å²) in [6, 6.07) is 5.76. The molecule has 0 spiro atoms. The average molecular weight is 252 g/mol. The highest BCUT2D eigenvalue weighted by Crippen LogP contribution is 2.23. The molecule has 1 heterocycles. The monoisotopic (exact) mass is 252 g/mol. The zero-order chi connectivity index (χ0) is 13.1. The third-order valence-corrected chi connectivity index (χ3v) is 2.40. The fourth-order valence-corrected chi connectivity index (χ4v) is 1.47. The van der Waals surface area contributed by atoms with E-state index in [1.807, 2.05) is 0 Å². The molecule has 1 aromatic heterocycles. The largest absolute Gasteiger partial charge is 0.480 e. The lowest BCUT2D eigenvalue weighted by Crippen LogP contribution is -2.06. The fourth-order valence-electron chi connectivity index (χ4n) is 1.47. The van der Waals surface area contributed by atoms with Gasteiger partial charge in [-0.1, -0.05) is 0 Å². The minimum absolute atomic E-state index is 0.111. The Kier molecular flexibility index (Phi) is 3.47. The van der Waals surface area contributed by atoms with Gasteiger partial charge in [0, 0.05) is 11.6 Å². The Balaban J connectivity index is 2.34. The van der Waals surface area contributed by atoms with Gasteiger partial charge in [-0.2, -0.15) is 0 Å². The number of aromatic nitrogens is 2. The van der Waals surface area contributed by atoms with Gasteiger partial charge in [-0.15, -0.1) is 10.2 Å². The van der Waals surface area contributed by atoms with Crippen LogP contribution in [0.25, 0.3) is 0 Å². The highest BCUT2D eigenvalue weighted by Gasteiger charge is 2.17. The van der Waals surface area contributed by atoms with Crippen molar-refractivity contribution in [3.8, 4) is 5.88 Å². The first kappa shape index (κ1) is 12.4. The molecule has 94 valence electrons. The van der Waals surface area contributed by atoms with E-state index in [1.165, 1.54) is 19.2 Å². The number of hydrogen-bond acceptors (Lipinski definition) is 4. The van der Waals surface area contributed by atoms with Crippen molar-refractivity contribution < 1.29 is 18.6 Å². The average Bonchev–Trinajstić information content (AvgIpc) is 2.41. The predicted octanol–water partition coefficient (Wildman–Crippen LogP) is 1.85. The molecule has 0 aliphatic heterocycles. The summed E-state index contributed by atoms with van der Waals surface area (Å²) in [5.74, 6) is -1.07. The van der Waals surface area contributed by atoms with E-state index in [-0.39, 0.29) is 17.1 Å². The molecule has 1 unspecified atom stereocenters. The lowest BCUT2D eigenvalue weighted by Gasteiger charge is -2.11. The molecule has 0 amide bonds. The molecule has 6 heteroatoms. The summed E-state index contributed by atoms with van der Waals surface area (Å²) in [7, 11) is 1.42. The van der Waals surface area contributed by atoms with E-state index >= 15 is 0 Å². The van der Waals surface area contributed by atoms with Crippen molar-refractivity contribution in [3.05, 3.63) is 53.2 Å². The van der Waals surface area contributed by atoms with Gasteiger partial charge in [0.05, 0.1) is 12.8 Å². The maximum atomic E-state index is 13.5. The minimum Gasteiger partial charge on any atom is -0.480 e. The Morgan fingerprint density at radius 1 is 1.17 bits per heavy atom. The van der Waals surface area contributed by atoms with E-state index in [0.717, 1.165) is 18.2 Å². The third kappa shape index (κ3) is 2.43. The standard InChI is InChI=1S/C12H10F2N2O2/c1-18-11-5-4-10(15-16-11)12(17)8-6-7(13)2-3-9(8)14/h2-6,12,17H,1H3. The highest BCUT2D eigenvalue weighted by molar-refractivity contribution is 5.28. The maximum Gasteiger partial charge on any atom is 0.233 e. The fraction of sp³-hybridized carbons (Fsp3) is 0.167. The molecule has 1 atom stereocenters. The molecule has 0 saturated carbocycles. The van der Waals surface area contributed by atoms with Gasteiger partial charge in [-0.3, -0.25) is 0 Å². The molecule has 0 aliphatic carbocycles. The molecule has 0 fully saturated rings. The second kappa shape index (κ2) is 5.05. The van der Waals surface area contributed by atoms with E-state index in [2.05, 4.69) is 10.2 Å². The molecule has 0 aliphatic rings. The number of aliphatic hydroxyl groups excluding tert-OH is 1. The summed E-state index contributed by atoms with van der Waals surface area (Å²) < 4.78 is 31.3. The van der Waals surface area contributed by atoms with Crippen LogP contribution in [0.4, 0.5) is 8.78 Å². The third-order valence-electron chi connectivity index (χ3n) is 2.40. The normalized spacial score (nSPS) is 12.2. The van der Waals surface area contributed by atoms with Crippen LogP contribution in [0.15, 0.2) is 30.3 Å². The van der Waals surface area contributed by atoms with Crippen molar-refractivity contribution >= 4 is 0 Å². The number of ether oxygens (including phenoxy) is 1. The zero-order valence-corrected chi connectivity index (χ0v) is 9.47. The van der Waals surface area contributed by atoms with Crippen LogP contribution in [0, 0.1) is 11.6 Å². The summed E-state index contributed by atoms with van der Waals surface area (Å²) >= 11 is 0. The smallest absolute Gasteiger partial charge is 0.233 e. The highest BCUT2D eigenvalue weighted by atomic mass is 19.1. The Morgan fingerprint density at radius 3 is 2.56 bits per heavy atom. The second-order valence-corrected chi connectivity index (χ2v) is 3.57. The van der Waals surface area contributed by atoms with Gasteiger partial charge in [0.25, 0.3) is 0 Å². The van der Waals surface area contributed by atoms with Crippen LogP contribution in [0.5, 0.6) is 5.88 Å². The van der Waals surface area contributed by atoms with Crippen LogP contribution >= 0.6 is 0 Å². The summed E-state index contributed by atoms with van der Waals surface area (Å²) in [4.78, 5) is 0. The van der Waals surface area contributed by atoms with Crippen LogP contribution in [-0.2, 0) is 0 Å². The molecule has 0 saturated heterocycles. The zero-order valence-electron chi connectivity index (χ0n) is 9.47. The van der Waals surface area contributed by atoms with Gasteiger partial charge in [0.1, 0.15) is 17.7 Å². The van der Waals surface area contributed by atoms with E-state index in [9.17, 15) is 13.9 Å². The van der Waals surface area contributed by atoms with Gasteiger partial charge in [0.15, 0.2) is 0 Å². The van der Waals surface area contributed by atoms with Gasteiger partial charge in [-0.25, -0.2) is 8.78 Å². The number of benzene rings is 1. The van der Waals surface area contributed by atoms with Gasteiger partial charge in [0.2, 0.25) is 5.88 Å². The summed E-state index contributed by atoms with van der Waals surface area (Å²) in [5, 5.41) is 17.2. The SMILES string of the molecule is COc1ccc(C(O)c2cc(F)ccc2F)nn1. The minimum atomic E-state index is -1.38. The van der Waals surface area contributed by atoms with E-state index in [4.69, 9.17) is 4.74 Å². The van der Waals surface area contributed by atoms with Crippen LogP contribution in [0.1, 0.15) is 17.4 Å². The predicted molar refractivity (Wildman–Crippen MR) is 59.0 cm³/mol. The summed E-state index contributed by atoms with van der Waals surface area (Å²) in [5.41, 5.74) is -0.0743. The van der Waals surface area contributed by atoms with E-state index in [1.54, 1.807) is 0 Å². The number of aliphatic hydroxyl groups is 1. The number of nitrogens with zero attached hydrogens (tertiary/aromatic N) is 2. The number of halogens is 2. The van der Waals surface area contributed by atoms with E-state index in [0.29, 0.717) is 0 Å². The molecule has 0 bridgehead atoms. The molecule has 2 rings (SSSR count). The maximum absolute atomic E-state index is 13.5. The Labute approximate surface area is 102 Å². The molecule has 2 aromatic rings. The number of hydrogen-bond donors (Lipinski definition) is 1. The van der Waals surface area contributed by atoms with Crippen LogP contribution < -0.4 is 4.74 Å². The van der Waals surface area contributed by atoms with Gasteiger partial charge in [-0.05, 0) is 24.3 Å². The molecule has 1 N–H and O–H groups in total. The van der Waals surface area contributed by atoms with E-state index < -0.39 is 17.7 Å². The summed E-state index contributed by atoms with van der Waals surface area (Å²) in [6.07, 6.45) is -1.38. The first-order chi connectivity index (χ1) is 8.61. The number of methoxy groups -OCH3 is 1. The van der Waals surface area contributed by atoms with Crippen molar-refractivity contribution in [1.29, 1.82) is 0 Å². The van der Waals surface area contributed by atoms with Crippen LogP contribution in [0.2, 0.25) is 0 Å². The Bertz CT molecular complexity index is 546. The number of rotatable bonds is 3. The second-order valence-electron chi connectivity index (χ2n) is 3.57. The lowest BCUT2D eigenvalue weighted by atomic mass is 10.1. The molecule has 4 nitrogen and oxygen atoms in total. The topological polar surface area (TPSA) is 55.2 Å². The summed E-state index contributed by atoms with van der Waals surface area (Å²) in [6.45, 7) is 0. The first-order valence-electron chi connectivity index (χ1n) is 5.12.